The van der Waals surface area contributed by atoms with Crippen LogP contribution >= 0.6 is 0 Å². The minimum absolute atomic E-state index is 0.0996. The Labute approximate surface area is 172 Å². The molecule has 0 spiro atoms. The summed E-state index contributed by atoms with van der Waals surface area (Å²) >= 11 is 0. The summed E-state index contributed by atoms with van der Waals surface area (Å²) in [5.74, 6) is 1.42. The molecule has 0 saturated heterocycles. The number of carbonyl (C=O) groups excluding carboxylic acids is 1. The van der Waals surface area contributed by atoms with Crippen LogP contribution in [0, 0.1) is 0 Å². The molecule has 0 bridgehead atoms. The molecule has 1 saturated carbocycles. The van der Waals surface area contributed by atoms with E-state index in [1.165, 1.54) is 18.4 Å². The molecule has 29 heavy (non-hydrogen) atoms. The molecule has 3 N–H and O–H groups in total. The lowest BCUT2D eigenvalue weighted by molar-refractivity contribution is 0.0954. The summed E-state index contributed by atoms with van der Waals surface area (Å²) in [5.41, 5.74) is 2.17. The number of benzene rings is 2. The van der Waals surface area contributed by atoms with E-state index in [4.69, 9.17) is 9.73 Å². The summed E-state index contributed by atoms with van der Waals surface area (Å²) in [6.07, 6.45) is 2.36. The van der Waals surface area contributed by atoms with Crippen LogP contribution in [0.3, 0.4) is 0 Å². The molecule has 1 amide bonds. The van der Waals surface area contributed by atoms with Crippen molar-refractivity contribution in [1.29, 1.82) is 0 Å². The fraction of sp³-hybridized carbons (Fsp3) is 0.391. The third-order valence-corrected chi connectivity index (χ3v) is 5.18. The molecule has 6 nitrogen and oxygen atoms in total. The van der Waals surface area contributed by atoms with Gasteiger partial charge in [-0.1, -0.05) is 30.3 Å². The van der Waals surface area contributed by atoms with Gasteiger partial charge >= 0.3 is 0 Å². The topological polar surface area (TPSA) is 74.8 Å². The monoisotopic (exact) mass is 394 g/mol. The number of amides is 1. The maximum Gasteiger partial charge on any atom is 0.251 e. The van der Waals surface area contributed by atoms with E-state index >= 15 is 0 Å². The van der Waals surface area contributed by atoms with Gasteiger partial charge in [-0.05, 0) is 49.6 Å². The van der Waals surface area contributed by atoms with Crippen molar-refractivity contribution in [3.63, 3.8) is 0 Å². The molecule has 154 valence electrons. The molecule has 0 atom stereocenters. The number of carbonyl (C=O) groups is 1. The lowest BCUT2D eigenvalue weighted by Gasteiger charge is -2.16. The number of methoxy groups -OCH3 is 1. The minimum atomic E-state index is -0.0996. The van der Waals surface area contributed by atoms with Crippen LogP contribution in [0.5, 0.6) is 5.75 Å². The van der Waals surface area contributed by atoms with Crippen molar-refractivity contribution in [3.05, 3.63) is 65.7 Å². The molecule has 1 aliphatic rings. The summed E-state index contributed by atoms with van der Waals surface area (Å²) in [6.45, 7) is 4.73. The molecular formula is C23H30N4O2. The Bertz CT molecular complexity index is 815. The number of hydrogen-bond acceptors (Lipinski definition) is 3. The minimum Gasteiger partial charge on any atom is -0.497 e. The maximum atomic E-state index is 12.2. The Morgan fingerprint density at radius 1 is 1.00 bits per heavy atom. The van der Waals surface area contributed by atoms with E-state index in [2.05, 4.69) is 46.3 Å². The van der Waals surface area contributed by atoms with Crippen LogP contribution in [0.15, 0.2) is 59.6 Å². The van der Waals surface area contributed by atoms with Gasteiger partial charge in [0.1, 0.15) is 5.75 Å². The highest BCUT2D eigenvalue weighted by Gasteiger charge is 2.43. The Hall–Kier alpha value is -3.02. The molecule has 2 aromatic carbocycles. The Balaban J connectivity index is 1.47. The van der Waals surface area contributed by atoms with Gasteiger partial charge in [-0.25, -0.2) is 0 Å². The molecule has 3 rings (SSSR count). The maximum absolute atomic E-state index is 12.2. The summed E-state index contributed by atoms with van der Waals surface area (Å²) in [5, 5.41) is 9.50. The first-order valence-electron chi connectivity index (χ1n) is 10.2. The van der Waals surface area contributed by atoms with Crippen molar-refractivity contribution in [2.24, 2.45) is 4.99 Å². The molecule has 0 heterocycles. The van der Waals surface area contributed by atoms with Gasteiger partial charge in [-0.15, -0.1) is 0 Å². The van der Waals surface area contributed by atoms with E-state index in [1.807, 2.05) is 6.92 Å². The number of ether oxygens (including phenoxy) is 1. The average molecular weight is 395 g/mol. The van der Waals surface area contributed by atoms with Gasteiger partial charge in [0.15, 0.2) is 5.96 Å². The van der Waals surface area contributed by atoms with Crippen LogP contribution in [-0.4, -0.2) is 45.2 Å². The second kappa shape index (κ2) is 9.96. The van der Waals surface area contributed by atoms with E-state index in [9.17, 15) is 4.79 Å². The highest BCUT2D eigenvalue weighted by atomic mass is 16.5. The van der Waals surface area contributed by atoms with Crippen molar-refractivity contribution in [1.82, 2.24) is 16.0 Å². The van der Waals surface area contributed by atoms with Crippen molar-refractivity contribution >= 4 is 11.9 Å². The molecule has 0 unspecified atom stereocenters. The Kier molecular flexibility index (Phi) is 7.11. The van der Waals surface area contributed by atoms with E-state index in [1.54, 1.807) is 31.4 Å². The second-order valence-electron chi connectivity index (χ2n) is 7.25. The molecule has 0 radical (unpaired) electrons. The normalized spacial score (nSPS) is 14.8. The number of aliphatic imine (C=N–C) groups is 1. The van der Waals surface area contributed by atoms with E-state index in [-0.39, 0.29) is 11.3 Å². The summed E-state index contributed by atoms with van der Waals surface area (Å²) in [7, 11) is 1.61. The van der Waals surface area contributed by atoms with E-state index in [0.29, 0.717) is 18.7 Å². The zero-order valence-electron chi connectivity index (χ0n) is 17.2. The van der Waals surface area contributed by atoms with Crippen molar-refractivity contribution in [3.8, 4) is 5.75 Å². The Morgan fingerprint density at radius 2 is 1.69 bits per heavy atom. The van der Waals surface area contributed by atoms with Gasteiger partial charge in [0.25, 0.3) is 5.91 Å². The molecule has 0 aromatic heterocycles. The molecular weight excluding hydrogens is 364 g/mol. The number of nitrogens with zero attached hydrogens (tertiary/aromatic N) is 1. The summed E-state index contributed by atoms with van der Waals surface area (Å²) < 4.78 is 5.11. The van der Waals surface area contributed by atoms with Crippen molar-refractivity contribution in [2.45, 2.75) is 25.2 Å². The van der Waals surface area contributed by atoms with Crippen LogP contribution in [0.25, 0.3) is 0 Å². The molecule has 1 fully saturated rings. The van der Waals surface area contributed by atoms with Crippen molar-refractivity contribution in [2.75, 3.05) is 33.3 Å². The van der Waals surface area contributed by atoms with Gasteiger partial charge in [0.2, 0.25) is 0 Å². The van der Waals surface area contributed by atoms with E-state index < -0.39 is 0 Å². The van der Waals surface area contributed by atoms with Gasteiger partial charge < -0.3 is 20.7 Å². The van der Waals surface area contributed by atoms with Crippen LogP contribution in [0.1, 0.15) is 35.7 Å². The standard InChI is InChI=1S/C23H30N4O2/c1-3-24-22(27-17-23(13-14-23)19-7-5-4-6-8-19)26-16-15-25-21(28)18-9-11-20(29-2)12-10-18/h4-12H,3,13-17H2,1-2H3,(H,25,28)(H2,24,26,27). The molecule has 2 aromatic rings. The van der Waals surface area contributed by atoms with Crippen LogP contribution in [0.4, 0.5) is 0 Å². The highest BCUT2D eigenvalue weighted by Crippen LogP contribution is 2.48. The number of hydrogen-bond donors (Lipinski definition) is 3. The lowest BCUT2D eigenvalue weighted by atomic mass is 9.96. The van der Waals surface area contributed by atoms with Crippen LogP contribution in [0.2, 0.25) is 0 Å². The zero-order chi connectivity index (χ0) is 20.5. The van der Waals surface area contributed by atoms with Gasteiger partial charge in [-0.3, -0.25) is 9.79 Å². The third kappa shape index (κ3) is 5.73. The third-order valence-electron chi connectivity index (χ3n) is 5.18. The first-order chi connectivity index (χ1) is 14.2. The highest BCUT2D eigenvalue weighted by molar-refractivity contribution is 5.94. The van der Waals surface area contributed by atoms with Crippen LogP contribution < -0.4 is 20.7 Å². The smallest absolute Gasteiger partial charge is 0.251 e. The fourth-order valence-electron chi connectivity index (χ4n) is 3.25. The molecule has 6 heteroatoms. The van der Waals surface area contributed by atoms with Crippen LogP contribution in [-0.2, 0) is 5.41 Å². The quantitative estimate of drug-likeness (QED) is 0.347. The lowest BCUT2D eigenvalue weighted by Crippen LogP contribution is -2.42. The molecule has 0 aliphatic heterocycles. The van der Waals surface area contributed by atoms with Crippen molar-refractivity contribution < 1.29 is 9.53 Å². The van der Waals surface area contributed by atoms with Gasteiger partial charge in [0.05, 0.1) is 13.7 Å². The van der Waals surface area contributed by atoms with Gasteiger partial charge in [0, 0.05) is 30.6 Å². The second-order valence-corrected chi connectivity index (χ2v) is 7.25. The predicted octanol–water partition coefficient (Wildman–Crippen LogP) is 2.71. The van der Waals surface area contributed by atoms with Gasteiger partial charge in [-0.2, -0.15) is 0 Å². The SMILES string of the molecule is CCNC(=NCC1(c2ccccc2)CC1)NCCNC(=O)c1ccc(OC)cc1. The first kappa shape index (κ1) is 20.7. The molecule has 1 aliphatic carbocycles. The number of rotatable bonds is 9. The fourth-order valence-corrected chi connectivity index (χ4v) is 3.25. The largest absolute Gasteiger partial charge is 0.497 e. The van der Waals surface area contributed by atoms with E-state index in [0.717, 1.165) is 24.8 Å². The predicted molar refractivity (Wildman–Crippen MR) is 117 cm³/mol. The summed E-state index contributed by atoms with van der Waals surface area (Å²) in [6, 6.07) is 17.7. The zero-order valence-corrected chi connectivity index (χ0v) is 17.2. The first-order valence-corrected chi connectivity index (χ1v) is 10.2. The summed E-state index contributed by atoms with van der Waals surface area (Å²) in [4.78, 5) is 17.0. The number of nitrogens with one attached hydrogen (secondary N) is 3. The average Bonchev–Trinajstić information content (AvgIpc) is 3.56. The number of guanidine groups is 1. The Morgan fingerprint density at radius 3 is 2.31 bits per heavy atom.